The van der Waals surface area contributed by atoms with Crippen LogP contribution in [0.5, 0.6) is 0 Å². The van der Waals surface area contributed by atoms with Gasteiger partial charge in [-0.2, -0.15) is 0 Å². The lowest BCUT2D eigenvalue weighted by molar-refractivity contribution is -0.129. The van der Waals surface area contributed by atoms with Crippen LogP contribution in [0.3, 0.4) is 0 Å². The van der Waals surface area contributed by atoms with E-state index in [4.69, 9.17) is 0 Å². The topological polar surface area (TPSA) is 35.6 Å². The molecule has 0 aromatic heterocycles. The smallest absolute Gasteiger partial charge is 0.219 e. The second-order valence-electron chi connectivity index (χ2n) is 6.76. The van der Waals surface area contributed by atoms with Gasteiger partial charge in [-0.25, -0.2) is 0 Å². The minimum absolute atomic E-state index is 0.141. The number of hydrogen-bond acceptors (Lipinski definition) is 3. The van der Waals surface area contributed by atoms with Crippen molar-refractivity contribution in [3.8, 4) is 0 Å². The van der Waals surface area contributed by atoms with Gasteiger partial charge < -0.3 is 15.1 Å². The lowest BCUT2D eigenvalue weighted by Gasteiger charge is -2.35. The fraction of sp³-hybridized carbons (Fsp3) is 0.588. The van der Waals surface area contributed by atoms with Gasteiger partial charge >= 0.3 is 0 Å². The summed E-state index contributed by atoms with van der Waals surface area (Å²) in [5, 5.41) is 3.50. The molecule has 2 rings (SSSR count). The highest BCUT2D eigenvalue weighted by atomic mass is 16.2. The van der Waals surface area contributed by atoms with Gasteiger partial charge in [0.15, 0.2) is 0 Å². The SMILES string of the molecule is CC(=O)N1CCN(c2ccc(CNC(C)(C)C)cc2)CC1. The van der Waals surface area contributed by atoms with E-state index >= 15 is 0 Å². The molecule has 1 N–H and O–H groups in total. The van der Waals surface area contributed by atoms with Crippen molar-refractivity contribution < 1.29 is 4.79 Å². The molecule has 0 atom stereocenters. The largest absolute Gasteiger partial charge is 0.368 e. The van der Waals surface area contributed by atoms with Gasteiger partial charge in [0.2, 0.25) is 5.91 Å². The summed E-state index contributed by atoms with van der Waals surface area (Å²) < 4.78 is 0. The van der Waals surface area contributed by atoms with Crippen molar-refractivity contribution >= 4 is 11.6 Å². The Labute approximate surface area is 128 Å². The Balaban J connectivity index is 1.89. The second-order valence-corrected chi connectivity index (χ2v) is 6.76. The van der Waals surface area contributed by atoms with Crippen LogP contribution in [0.15, 0.2) is 24.3 Å². The van der Waals surface area contributed by atoms with Crippen molar-refractivity contribution in [1.82, 2.24) is 10.2 Å². The van der Waals surface area contributed by atoms with Gasteiger partial charge in [0.05, 0.1) is 0 Å². The molecule has 1 fully saturated rings. The summed E-state index contributed by atoms with van der Waals surface area (Å²) in [6.45, 7) is 12.5. The summed E-state index contributed by atoms with van der Waals surface area (Å²) in [4.78, 5) is 15.6. The average molecular weight is 289 g/mol. The van der Waals surface area contributed by atoms with Gasteiger partial charge in [0.1, 0.15) is 0 Å². The van der Waals surface area contributed by atoms with Crippen molar-refractivity contribution in [1.29, 1.82) is 0 Å². The first-order valence-corrected chi connectivity index (χ1v) is 7.69. The molecule has 0 unspecified atom stereocenters. The Morgan fingerprint density at radius 1 is 1.10 bits per heavy atom. The minimum atomic E-state index is 0.141. The molecule has 4 nitrogen and oxygen atoms in total. The minimum Gasteiger partial charge on any atom is -0.368 e. The third-order valence-corrected chi connectivity index (χ3v) is 3.85. The first-order valence-electron chi connectivity index (χ1n) is 7.69. The van der Waals surface area contributed by atoms with Gasteiger partial charge in [0, 0.05) is 50.9 Å². The van der Waals surface area contributed by atoms with E-state index in [1.54, 1.807) is 6.92 Å². The number of anilines is 1. The zero-order valence-corrected chi connectivity index (χ0v) is 13.6. The van der Waals surface area contributed by atoms with Crippen LogP contribution >= 0.6 is 0 Å². The average Bonchev–Trinajstić information content (AvgIpc) is 2.45. The second kappa shape index (κ2) is 6.48. The molecule has 1 saturated heterocycles. The molecule has 0 spiro atoms. The third kappa shape index (κ3) is 4.74. The van der Waals surface area contributed by atoms with Crippen LogP contribution in [0.1, 0.15) is 33.3 Å². The zero-order valence-electron chi connectivity index (χ0n) is 13.6. The van der Waals surface area contributed by atoms with Crippen molar-refractivity contribution in [2.45, 2.75) is 39.8 Å². The van der Waals surface area contributed by atoms with Crippen LogP contribution in [0.4, 0.5) is 5.69 Å². The molecule has 0 saturated carbocycles. The number of benzene rings is 1. The molecule has 0 radical (unpaired) electrons. The molecule has 1 aromatic rings. The maximum absolute atomic E-state index is 11.3. The molecular weight excluding hydrogens is 262 g/mol. The Kier molecular flexibility index (Phi) is 4.88. The van der Waals surface area contributed by atoms with Gasteiger partial charge in [-0.15, -0.1) is 0 Å². The summed E-state index contributed by atoms with van der Waals surface area (Å²) in [7, 11) is 0. The number of hydrogen-bond donors (Lipinski definition) is 1. The van der Waals surface area contributed by atoms with Crippen LogP contribution < -0.4 is 10.2 Å². The van der Waals surface area contributed by atoms with Crippen LogP contribution in [0.25, 0.3) is 0 Å². The highest BCUT2D eigenvalue weighted by Crippen LogP contribution is 2.17. The van der Waals surface area contributed by atoms with Crippen molar-refractivity contribution in [2.75, 3.05) is 31.1 Å². The highest BCUT2D eigenvalue weighted by molar-refractivity contribution is 5.73. The quantitative estimate of drug-likeness (QED) is 0.927. The summed E-state index contributed by atoms with van der Waals surface area (Å²) in [5.41, 5.74) is 2.69. The van der Waals surface area contributed by atoms with E-state index in [1.165, 1.54) is 11.3 Å². The Morgan fingerprint density at radius 3 is 2.14 bits per heavy atom. The van der Waals surface area contributed by atoms with Crippen LogP contribution in [0, 0.1) is 0 Å². The maximum Gasteiger partial charge on any atom is 0.219 e. The molecule has 1 aliphatic rings. The molecule has 0 aliphatic carbocycles. The normalized spacial score (nSPS) is 16.2. The predicted molar refractivity (Wildman–Crippen MR) is 87.5 cm³/mol. The monoisotopic (exact) mass is 289 g/mol. The fourth-order valence-corrected chi connectivity index (χ4v) is 2.47. The Hall–Kier alpha value is -1.55. The molecular formula is C17H27N3O. The number of rotatable bonds is 3. The molecule has 1 amide bonds. The van der Waals surface area contributed by atoms with Crippen molar-refractivity contribution in [3.05, 3.63) is 29.8 Å². The number of piperazine rings is 1. The van der Waals surface area contributed by atoms with Crippen LogP contribution in [-0.4, -0.2) is 42.5 Å². The third-order valence-electron chi connectivity index (χ3n) is 3.85. The van der Waals surface area contributed by atoms with E-state index in [-0.39, 0.29) is 11.4 Å². The van der Waals surface area contributed by atoms with E-state index in [2.05, 4.69) is 55.3 Å². The maximum atomic E-state index is 11.3. The van der Waals surface area contributed by atoms with Crippen LogP contribution in [-0.2, 0) is 11.3 Å². The molecule has 1 heterocycles. The van der Waals surface area contributed by atoms with Crippen molar-refractivity contribution in [2.24, 2.45) is 0 Å². The molecule has 21 heavy (non-hydrogen) atoms. The highest BCUT2D eigenvalue weighted by Gasteiger charge is 2.18. The molecule has 4 heteroatoms. The number of carbonyl (C=O) groups is 1. The molecule has 1 aliphatic heterocycles. The first kappa shape index (κ1) is 15.8. The van der Waals surface area contributed by atoms with E-state index < -0.39 is 0 Å². The lowest BCUT2D eigenvalue weighted by atomic mass is 10.1. The number of carbonyl (C=O) groups excluding carboxylic acids is 1. The van der Waals surface area contributed by atoms with E-state index in [9.17, 15) is 4.79 Å². The predicted octanol–water partition coefficient (Wildman–Crippen LogP) is 2.24. The number of amides is 1. The van der Waals surface area contributed by atoms with Gasteiger partial charge in [-0.05, 0) is 38.5 Å². The molecule has 116 valence electrons. The van der Waals surface area contributed by atoms with E-state index in [1.807, 2.05) is 4.90 Å². The Morgan fingerprint density at radius 2 is 1.67 bits per heavy atom. The van der Waals surface area contributed by atoms with Gasteiger partial charge in [-0.3, -0.25) is 4.79 Å². The van der Waals surface area contributed by atoms with Gasteiger partial charge in [-0.1, -0.05) is 12.1 Å². The number of nitrogens with zero attached hydrogens (tertiary/aromatic N) is 2. The van der Waals surface area contributed by atoms with Crippen LogP contribution in [0.2, 0.25) is 0 Å². The van der Waals surface area contributed by atoms with E-state index in [0.717, 1.165) is 32.7 Å². The fourth-order valence-electron chi connectivity index (χ4n) is 2.47. The molecule has 1 aromatic carbocycles. The van der Waals surface area contributed by atoms with Gasteiger partial charge in [0.25, 0.3) is 0 Å². The zero-order chi connectivity index (χ0) is 15.5. The van der Waals surface area contributed by atoms with Crippen molar-refractivity contribution in [3.63, 3.8) is 0 Å². The summed E-state index contributed by atoms with van der Waals surface area (Å²) in [6.07, 6.45) is 0. The summed E-state index contributed by atoms with van der Waals surface area (Å²) in [5.74, 6) is 0.179. The van der Waals surface area contributed by atoms with E-state index in [0.29, 0.717) is 0 Å². The number of nitrogens with one attached hydrogen (secondary N) is 1. The standard InChI is InChI=1S/C17H27N3O/c1-14(21)19-9-11-20(12-10-19)16-7-5-15(6-8-16)13-18-17(2,3)4/h5-8,18H,9-13H2,1-4H3. The summed E-state index contributed by atoms with van der Waals surface area (Å²) in [6, 6.07) is 8.74. The molecule has 0 bridgehead atoms. The first-order chi connectivity index (χ1) is 9.85. The summed E-state index contributed by atoms with van der Waals surface area (Å²) >= 11 is 0. The lowest BCUT2D eigenvalue weighted by Crippen LogP contribution is -2.48. The Bertz CT molecular complexity index is 468.